The normalized spacial score (nSPS) is 11.4. The van der Waals surface area contributed by atoms with E-state index < -0.39 is 0 Å². The molecular weight excluding hydrogens is 474 g/mol. The second-order valence-corrected chi connectivity index (χ2v) is 9.39. The van der Waals surface area contributed by atoms with E-state index in [0.717, 1.165) is 22.3 Å². The van der Waals surface area contributed by atoms with Crippen molar-refractivity contribution in [3.63, 3.8) is 0 Å². The molecule has 0 saturated heterocycles. The Bertz CT molecular complexity index is 1910. The van der Waals surface area contributed by atoms with E-state index in [1.807, 2.05) is 42.5 Å². The van der Waals surface area contributed by atoms with Gasteiger partial charge < -0.3 is 0 Å². The van der Waals surface area contributed by atoms with Crippen molar-refractivity contribution in [3.8, 4) is 33.9 Å². The summed E-state index contributed by atoms with van der Waals surface area (Å²) in [7, 11) is 0. The van der Waals surface area contributed by atoms with E-state index in [4.69, 9.17) is 16.6 Å². The zero-order valence-corrected chi connectivity index (χ0v) is 20.5. The van der Waals surface area contributed by atoms with Crippen molar-refractivity contribution >= 4 is 43.9 Å². The number of hydrogen-bond donors (Lipinski definition) is 0. The van der Waals surface area contributed by atoms with Crippen molar-refractivity contribution in [2.45, 2.75) is 0 Å². The third-order valence-electron chi connectivity index (χ3n) is 6.84. The van der Waals surface area contributed by atoms with Gasteiger partial charge in [0, 0.05) is 11.1 Å². The van der Waals surface area contributed by atoms with Crippen LogP contribution in [0.3, 0.4) is 0 Å². The maximum absolute atomic E-state index is 6.31. The summed E-state index contributed by atoms with van der Waals surface area (Å²) in [5.74, 6) is 1.11. The minimum atomic E-state index is 0.179. The molecule has 1 aromatic heterocycles. The molecule has 7 aromatic rings. The molecule has 37 heavy (non-hydrogen) atoms. The van der Waals surface area contributed by atoms with Gasteiger partial charge in [0.25, 0.3) is 0 Å². The Labute approximate surface area is 219 Å². The van der Waals surface area contributed by atoms with Crippen LogP contribution in [0.25, 0.3) is 66.2 Å². The molecule has 3 nitrogen and oxygen atoms in total. The molecule has 0 aliphatic carbocycles. The predicted octanol–water partition coefficient (Wildman–Crippen LogP) is 8.99. The molecule has 0 unspecified atom stereocenters. The zero-order valence-electron chi connectivity index (χ0n) is 19.8. The largest absolute Gasteiger partial charge is 0.226 e. The molecule has 0 saturated carbocycles. The molecule has 0 N–H and O–H groups in total. The van der Waals surface area contributed by atoms with Crippen LogP contribution in [0.5, 0.6) is 0 Å². The van der Waals surface area contributed by atoms with Gasteiger partial charge in [0.05, 0.1) is 0 Å². The fourth-order valence-electron chi connectivity index (χ4n) is 5.12. The number of aromatic nitrogens is 3. The van der Waals surface area contributed by atoms with Crippen LogP contribution >= 0.6 is 11.6 Å². The maximum Gasteiger partial charge on any atom is 0.226 e. The summed E-state index contributed by atoms with van der Waals surface area (Å²) in [5.41, 5.74) is 4.02. The van der Waals surface area contributed by atoms with Crippen molar-refractivity contribution < 1.29 is 0 Å². The van der Waals surface area contributed by atoms with Crippen molar-refractivity contribution in [2.75, 3.05) is 0 Å². The smallest absolute Gasteiger partial charge is 0.208 e. The lowest BCUT2D eigenvalue weighted by molar-refractivity contribution is 1.07. The highest BCUT2D eigenvalue weighted by Gasteiger charge is 2.12. The first kappa shape index (κ1) is 21.7. The van der Waals surface area contributed by atoms with Crippen LogP contribution in [0.15, 0.2) is 121 Å². The van der Waals surface area contributed by atoms with Gasteiger partial charge in [-0.3, -0.25) is 0 Å². The Morgan fingerprint density at radius 2 is 0.838 bits per heavy atom. The second kappa shape index (κ2) is 8.81. The zero-order chi connectivity index (χ0) is 24.8. The number of rotatable bonds is 3. The molecule has 1 heterocycles. The van der Waals surface area contributed by atoms with E-state index in [0.29, 0.717) is 11.6 Å². The van der Waals surface area contributed by atoms with E-state index in [-0.39, 0.29) is 5.28 Å². The third kappa shape index (κ3) is 3.81. The summed E-state index contributed by atoms with van der Waals surface area (Å²) in [5, 5.41) is 7.75. The SMILES string of the molecule is Clc1nc(-c2ccccc2)nc(-c2cccc(-c3ccc4c5ccccc5c5ccccc5c4c3)c2)n1. The molecule has 0 spiro atoms. The molecule has 0 aliphatic heterocycles. The van der Waals surface area contributed by atoms with Crippen LogP contribution < -0.4 is 0 Å². The first-order chi connectivity index (χ1) is 18.2. The highest BCUT2D eigenvalue weighted by Crippen LogP contribution is 2.37. The van der Waals surface area contributed by atoms with Gasteiger partial charge in [-0.2, -0.15) is 9.97 Å². The minimum Gasteiger partial charge on any atom is -0.208 e. The average molecular weight is 494 g/mol. The Morgan fingerprint density at radius 1 is 0.351 bits per heavy atom. The van der Waals surface area contributed by atoms with E-state index in [2.05, 4.69) is 88.8 Å². The molecule has 4 heteroatoms. The predicted molar refractivity (Wildman–Crippen MR) is 154 cm³/mol. The Hall–Kier alpha value is -4.60. The Kier molecular flexibility index (Phi) is 5.16. The minimum absolute atomic E-state index is 0.179. The van der Waals surface area contributed by atoms with Crippen LogP contribution in [0.2, 0.25) is 5.28 Å². The molecule has 0 radical (unpaired) electrons. The van der Waals surface area contributed by atoms with Crippen molar-refractivity contribution in [2.24, 2.45) is 0 Å². The molecule has 174 valence electrons. The lowest BCUT2D eigenvalue weighted by Gasteiger charge is -2.12. The van der Waals surface area contributed by atoms with Crippen LogP contribution in [-0.2, 0) is 0 Å². The average Bonchev–Trinajstić information content (AvgIpc) is 2.97. The molecular formula is C33H20ClN3. The molecule has 7 rings (SSSR count). The van der Waals surface area contributed by atoms with Crippen molar-refractivity contribution in [1.29, 1.82) is 0 Å². The van der Waals surface area contributed by atoms with Gasteiger partial charge in [0.2, 0.25) is 5.28 Å². The molecule has 0 fully saturated rings. The fourth-order valence-corrected chi connectivity index (χ4v) is 5.28. The van der Waals surface area contributed by atoms with Crippen molar-refractivity contribution in [3.05, 3.63) is 127 Å². The standard InChI is InChI=1S/C33H20ClN3/c34-33-36-31(21-9-2-1-3-10-21)35-32(37-33)24-12-8-11-22(19-24)23-17-18-29-27-15-5-4-13-25(27)26-14-6-7-16-28(26)30(29)20-23/h1-20H. The topological polar surface area (TPSA) is 38.7 Å². The van der Waals surface area contributed by atoms with Gasteiger partial charge in [-0.25, -0.2) is 4.98 Å². The van der Waals surface area contributed by atoms with E-state index in [1.165, 1.54) is 32.3 Å². The summed E-state index contributed by atoms with van der Waals surface area (Å²) < 4.78 is 0. The van der Waals surface area contributed by atoms with E-state index >= 15 is 0 Å². The second-order valence-electron chi connectivity index (χ2n) is 9.05. The van der Waals surface area contributed by atoms with Crippen LogP contribution in [0.4, 0.5) is 0 Å². The van der Waals surface area contributed by atoms with Crippen LogP contribution in [0.1, 0.15) is 0 Å². The van der Waals surface area contributed by atoms with Crippen LogP contribution in [0, 0.1) is 0 Å². The number of nitrogens with zero attached hydrogens (tertiary/aromatic N) is 3. The fraction of sp³-hybridized carbons (Fsp3) is 0. The monoisotopic (exact) mass is 493 g/mol. The summed E-state index contributed by atoms with van der Waals surface area (Å²) in [4.78, 5) is 13.5. The summed E-state index contributed by atoms with van der Waals surface area (Å²) in [6.45, 7) is 0. The highest BCUT2D eigenvalue weighted by molar-refractivity contribution is 6.28. The highest BCUT2D eigenvalue weighted by atomic mass is 35.5. The van der Waals surface area contributed by atoms with Crippen LogP contribution in [-0.4, -0.2) is 15.0 Å². The van der Waals surface area contributed by atoms with Gasteiger partial charge in [0.15, 0.2) is 11.6 Å². The maximum atomic E-state index is 6.31. The molecule has 0 amide bonds. The van der Waals surface area contributed by atoms with Gasteiger partial charge in [-0.15, -0.1) is 0 Å². The van der Waals surface area contributed by atoms with Gasteiger partial charge in [-0.05, 0) is 67.2 Å². The molecule has 0 atom stereocenters. The molecule has 0 bridgehead atoms. The van der Waals surface area contributed by atoms with Gasteiger partial charge in [-0.1, -0.05) is 109 Å². The Balaban J connectivity index is 1.39. The van der Waals surface area contributed by atoms with E-state index in [9.17, 15) is 0 Å². The summed E-state index contributed by atoms with van der Waals surface area (Å²) >= 11 is 6.31. The third-order valence-corrected chi connectivity index (χ3v) is 7.01. The first-order valence-corrected chi connectivity index (χ1v) is 12.5. The number of hydrogen-bond acceptors (Lipinski definition) is 3. The van der Waals surface area contributed by atoms with Gasteiger partial charge in [0.1, 0.15) is 0 Å². The lowest BCUT2D eigenvalue weighted by Crippen LogP contribution is -1.97. The van der Waals surface area contributed by atoms with Crippen molar-refractivity contribution in [1.82, 2.24) is 15.0 Å². The first-order valence-electron chi connectivity index (χ1n) is 12.2. The van der Waals surface area contributed by atoms with Gasteiger partial charge >= 0.3 is 0 Å². The quantitative estimate of drug-likeness (QED) is 0.230. The number of benzene rings is 6. The Morgan fingerprint density at radius 3 is 1.51 bits per heavy atom. The summed E-state index contributed by atoms with van der Waals surface area (Å²) in [6, 6.07) is 42.1. The molecule has 6 aromatic carbocycles. The summed E-state index contributed by atoms with van der Waals surface area (Å²) in [6.07, 6.45) is 0. The van der Waals surface area contributed by atoms with E-state index in [1.54, 1.807) is 0 Å². The number of fused-ring (bicyclic) bond motifs is 6. The molecule has 0 aliphatic rings. The number of halogens is 1. The lowest BCUT2D eigenvalue weighted by atomic mass is 9.92.